The van der Waals surface area contributed by atoms with Crippen LogP contribution < -0.4 is 0 Å². The average Bonchev–Trinajstić information content (AvgIpc) is 2.52. The summed E-state index contributed by atoms with van der Waals surface area (Å²) in [7, 11) is -3.01. The Labute approximate surface area is 146 Å². The Balaban J connectivity index is 4.53. The van der Waals surface area contributed by atoms with Crippen LogP contribution in [0.5, 0.6) is 0 Å². The molecule has 3 nitrogen and oxygen atoms in total. The fraction of sp³-hybridized carbons (Fsp3) is 1.00. The monoisotopic (exact) mass is 372 g/mol. The Morgan fingerprint density at radius 1 is 0.667 bits per heavy atom. The zero-order valence-electron chi connectivity index (χ0n) is 15.6. The summed E-state index contributed by atoms with van der Waals surface area (Å²) in [5, 5.41) is 0. The molecule has 0 heterocycles. The van der Waals surface area contributed by atoms with E-state index in [-0.39, 0.29) is 6.61 Å². The summed E-state index contributed by atoms with van der Waals surface area (Å²) in [5.41, 5.74) is 0. The zero-order valence-corrected chi connectivity index (χ0v) is 16.6. The van der Waals surface area contributed by atoms with Gasteiger partial charge in [-0.05, 0) is 19.3 Å². The Morgan fingerprint density at radius 2 is 1.17 bits per heavy atom. The van der Waals surface area contributed by atoms with E-state index in [1.807, 2.05) is 13.8 Å². The van der Waals surface area contributed by atoms with Gasteiger partial charge in [-0.2, -0.15) is 13.2 Å². The van der Waals surface area contributed by atoms with Crippen LogP contribution in [0.2, 0.25) is 6.04 Å². The van der Waals surface area contributed by atoms with Gasteiger partial charge in [-0.3, -0.25) is 0 Å². The number of hydrogen-bond acceptors (Lipinski definition) is 3. The Bertz CT molecular complexity index is 281. The highest BCUT2D eigenvalue weighted by molar-refractivity contribution is 6.60. The average molecular weight is 373 g/mol. The molecule has 0 aromatic rings. The van der Waals surface area contributed by atoms with Crippen molar-refractivity contribution < 1.29 is 26.4 Å². The maximum atomic E-state index is 12.4. The van der Waals surface area contributed by atoms with Gasteiger partial charge in [0.2, 0.25) is 0 Å². The molecule has 0 aromatic carbocycles. The van der Waals surface area contributed by atoms with Gasteiger partial charge in [0.15, 0.2) is 0 Å². The molecule has 0 bridgehead atoms. The Kier molecular flexibility index (Phi) is 14.0. The summed E-state index contributed by atoms with van der Waals surface area (Å²) in [6.45, 7) is 6.68. The summed E-state index contributed by atoms with van der Waals surface area (Å²) in [5.74, 6) is 0. The molecular weight excluding hydrogens is 337 g/mol. The molecule has 24 heavy (non-hydrogen) atoms. The van der Waals surface area contributed by atoms with Crippen molar-refractivity contribution in [1.29, 1.82) is 0 Å². The normalized spacial score (nSPS) is 12.8. The molecule has 0 rings (SSSR count). The minimum atomic E-state index is -4.21. The van der Waals surface area contributed by atoms with Gasteiger partial charge < -0.3 is 13.3 Å². The summed E-state index contributed by atoms with van der Waals surface area (Å²) >= 11 is 0. The smallest absolute Gasteiger partial charge is 0.373 e. The van der Waals surface area contributed by atoms with Gasteiger partial charge in [0.05, 0.1) is 6.42 Å². The fourth-order valence-electron chi connectivity index (χ4n) is 2.30. The third-order valence-corrected chi connectivity index (χ3v) is 6.49. The summed E-state index contributed by atoms with van der Waals surface area (Å²) in [6.07, 6.45) is 3.11. The van der Waals surface area contributed by atoms with Gasteiger partial charge in [-0.15, -0.1) is 0 Å². The first-order valence-corrected chi connectivity index (χ1v) is 11.3. The Morgan fingerprint density at radius 3 is 1.67 bits per heavy atom. The summed E-state index contributed by atoms with van der Waals surface area (Å²) in [6, 6.07) is 0.608. The standard InChI is InChI=1S/C17H35F3O3Si/c1-4-7-8-9-10-11-16-24(21-13-5-2,22-14-6-3)23-15-12-17(18,19)20/h4-16H2,1-3H3. The predicted molar refractivity (Wildman–Crippen MR) is 93.0 cm³/mol. The van der Waals surface area contributed by atoms with Gasteiger partial charge in [-0.25, -0.2) is 0 Å². The zero-order chi connectivity index (χ0) is 18.3. The number of hydrogen-bond donors (Lipinski definition) is 0. The van der Waals surface area contributed by atoms with Crippen molar-refractivity contribution in [1.82, 2.24) is 0 Å². The van der Waals surface area contributed by atoms with Gasteiger partial charge in [-0.1, -0.05) is 52.9 Å². The predicted octanol–water partition coefficient (Wildman–Crippen LogP) is 6.11. The van der Waals surface area contributed by atoms with Crippen LogP contribution in [-0.4, -0.2) is 34.8 Å². The van der Waals surface area contributed by atoms with Crippen LogP contribution in [0.3, 0.4) is 0 Å². The van der Waals surface area contributed by atoms with Crippen LogP contribution in [0.4, 0.5) is 13.2 Å². The minimum Gasteiger partial charge on any atom is -0.373 e. The second-order valence-electron chi connectivity index (χ2n) is 6.11. The van der Waals surface area contributed by atoms with Gasteiger partial charge in [0.25, 0.3) is 0 Å². The molecule has 0 spiro atoms. The maximum absolute atomic E-state index is 12.4. The third kappa shape index (κ3) is 13.2. The van der Waals surface area contributed by atoms with Crippen molar-refractivity contribution in [3.8, 4) is 0 Å². The lowest BCUT2D eigenvalue weighted by molar-refractivity contribution is -0.142. The van der Waals surface area contributed by atoms with Crippen LogP contribution in [0.25, 0.3) is 0 Å². The molecule has 146 valence electrons. The van der Waals surface area contributed by atoms with E-state index < -0.39 is 21.4 Å². The molecular formula is C17H35F3O3Si. The minimum absolute atomic E-state index is 0.376. The highest BCUT2D eigenvalue weighted by Crippen LogP contribution is 2.25. The lowest BCUT2D eigenvalue weighted by atomic mass is 10.1. The van der Waals surface area contributed by atoms with Gasteiger partial charge in [0.1, 0.15) is 0 Å². The van der Waals surface area contributed by atoms with E-state index in [2.05, 4.69) is 6.92 Å². The maximum Gasteiger partial charge on any atom is 0.500 e. The van der Waals surface area contributed by atoms with Crippen molar-refractivity contribution in [2.75, 3.05) is 19.8 Å². The second kappa shape index (κ2) is 14.1. The highest BCUT2D eigenvalue weighted by Gasteiger charge is 2.41. The molecule has 0 aliphatic carbocycles. The van der Waals surface area contributed by atoms with Gasteiger partial charge in [0, 0.05) is 25.9 Å². The SMILES string of the molecule is CCCCCCCC[Si](OCCC)(OCCC)OCCC(F)(F)F. The molecule has 0 aromatic heterocycles. The van der Waals surface area contributed by atoms with Crippen molar-refractivity contribution in [3.63, 3.8) is 0 Å². The van der Waals surface area contributed by atoms with Crippen LogP contribution in [-0.2, 0) is 13.3 Å². The van der Waals surface area contributed by atoms with E-state index in [0.29, 0.717) is 19.3 Å². The molecule has 0 fully saturated rings. The molecule has 0 unspecified atom stereocenters. The molecule has 0 saturated carbocycles. The van der Waals surface area contributed by atoms with Crippen molar-refractivity contribution in [3.05, 3.63) is 0 Å². The van der Waals surface area contributed by atoms with Crippen LogP contribution in [0.15, 0.2) is 0 Å². The Hall–Kier alpha value is -0.113. The van der Waals surface area contributed by atoms with E-state index in [1.54, 1.807) is 0 Å². The molecule has 0 aliphatic heterocycles. The van der Waals surface area contributed by atoms with E-state index >= 15 is 0 Å². The largest absolute Gasteiger partial charge is 0.500 e. The van der Waals surface area contributed by atoms with E-state index in [4.69, 9.17) is 13.3 Å². The highest BCUT2D eigenvalue weighted by atomic mass is 28.4. The summed E-state index contributed by atoms with van der Waals surface area (Å²) in [4.78, 5) is 0. The lowest BCUT2D eigenvalue weighted by Gasteiger charge is -2.30. The second-order valence-corrected chi connectivity index (χ2v) is 8.84. The van der Waals surface area contributed by atoms with E-state index in [9.17, 15) is 13.2 Å². The number of alkyl halides is 3. The van der Waals surface area contributed by atoms with Gasteiger partial charge >= 0.3 is 15.0 Å². The van der Waals surface area contributed by atoms with E-state index in [1.165, 1.54) is 19.3 Å². The molecule has 7 heteroatoms. The molecule has 0 atom stereocenters. The summed E-state index contributed by atoms with van der Waals surface area (Å²) < 4.78 is 54.6. The lowest BCUT2D eigenvalue weighted by Crippen LogP contribution is -2.47. The first kappa shape index (κ1) is 23.9. The van der Waals surface area contributed by atoms with Crippen LogP contribution in [0, 0.1) is 0 Å². The molecule has 0 N–H and O–H groups in total. The molecule has 0 radical (unpaired) electrons. The topological polar surface area (TPSA) is 27.7 Å². The fourth-order valence-corrected chi connectivity index (χ4v) is 5.11. The number of rotatable bonds is 16. The first-order chi connectivity index (χ1) is 11.4. The third-order valence-electron chi connectivity index (χ3n) is 3.60. The van der Waals surface area contributed by atoms with Crippen molar-refractivity contribution >= 4 is 8.80 Å². The number of unbranched alkanes of at least 4 members (excludes halogenated alkanes) is 5. The van der Waals surface area contributed by atoms with Crippen LogP contribution in [0.1, 0.15) is 78.6 Å². The van der Waals surface area contributed by atoms with E-state index in [0.717, 1.165) is 32.1 Å². The van der Waals surface area contributed by atoms with Crippen molar-refractivity contribution in [2.24, 2.45) is 0 Å². The van der Waals surface area contributed by atoms with Crippen LogP contribution >= 0.6 is 0 Å². The first-order valence-electron chi connectivity index (χ1n) is 9.37. The van der Waals surface area contributed by atoms with Crippen molar-refractivity contribution in [2.45, 2.75) is 90.8 Å². The molecule has 0 amide bonds. The molecule has 0 saturated heterocycles. The molecule has 0 aliphatic rings. The number of halogens is 3. The quantitative estimate of drug-likeness (QED) is 0.242.